The van der Waals surface area contributed by atoms with E-state index in [1.165, 1.54) is 0 Å². The van der Waals surface area contributed by atoms with Gasteiger partial charge in [-0.1, -0.05) is 12.1 Å². The molecular weight excluding hydrogens is 276 g/mol. The molecule has 5 nitrogen and oxygen atoms in total. The Kier molecular flexibility index (Phi) is 5.70. The summed E-state index contributed by atoms with van der Waals surface area (Å²) in [4.78, 5) is 0.314. The number of nitrogens with one attached hydrogen (secondary N) is 2. The molecule has 0 heterocycles. The normalized spacial score (nSPS) is 12.7. The summed E-state index contributed by atoms with van der Waals surface area (Å²) in [5.41, 5.74) is 1.08. The molecule has 6 heteroatoms. The number of hydrogen-bond donors (Lipinski definition) is 2. The molecule has 0 saturated heterocycles. The highest BCUT2D eigenvalue weighted by atomic mass is 32.2. The quantitative estimate of drug-likeness (QED) is 0.799. The molecule has 0 aromatic heterocycles. The summed E-state index contributed by atoms with van der Waals surface area (Å²) in [7, 11) is -0.185. The number of sulfonamides is 1. The van der Waals surface area contributed by atoms with Crippen LogP contribution < -0.4 is 10.0 Å². The van der Waals surface area contributed by atoms with E-state index < -0.39 is 15.6 Å². The van der Waals surface area contributed by atoms with Gasteiger partial charge < -0.3 is 10.1 Å². The summed E-state index contributed by atoms with van der Waals surface area (Å²) in [6, 6.07) is 5.31. The average molecular weight is 300 g/mol. The fraction of sp³-hybridized carbons (Fsp3) is 0.571. The van der Waals surface area contributed by atoms with Gasteiger partial charge in [-0.15, -0.1) is 0 Å². The Bertz CT molecular complexity index is 554. The van der Waals surface area contributed by atoms with Gasteiger partial charge in [0.1, 0.15) is 0 Å². The molecule has 0 aliphatic carbocycles. The third-order valence-electron chi connectivity index (χ3n) is 2.97. The van der Waals surface area contributed by atoms with Crippen LogP contribution in [0.3, 0.4) is 0 Å². The first-order valence-corrected chi connectivity index (χ1v) is 7.98. The summed E-state index contributed by atoms with van der Waals surface area (Å²) in [6.45, 7) is 6.35. The van der Waals surface area contributed by atoms with E-state index in [0.29, 0.717) is 18.0 Å². The predicted molar refractivity (Wildman–Crippen MR) is 80.2 cm³/mol. The summed E-state index contributed by atoms with van der Waals surface area (Å²) >= 11 is 0. The van der Waals surface area contributed by atoms with Crippen molar-refractivity contribution in [3.8, 4) is 0 Å². The fourth-order valence-corrected chi connectivity index (χ4v) is 3.83. The van der Waals surface area contributed by atoms with Gasteiger partial charge >= 0.3 is 0 Å². The Labute approximate surface area is 121 Å². The van der Waals surface area contributed by atoms with Gasteiger partial charge in [0.15, 0.2) is 0 Å². The highest BCUT2D eigenvalue weighted by Gasteiger charge is 2.27. The lowest BCUT2D eigenvalue weighted by Gasteiger charge is -2.25. The summed E-state index contributed by atoms with van der Waals surface area (Å²) in [5.74, 6) is 0. The Hall–Kier alpha value is -0.950. The lowest BCUT2D eigenvalue weighted by Crippen LogP contribution is -2.46. The van der Waals surface area contributed by atoms with Crippen LogP contribution in [0, 0.1) is 6.92 Å². The van der Waals surface area contributed by atoms with Crippen LogP contribution in [0.2, 0.25) is 0 Å². The van der Waals surface area contributed by atoms with Crippen LogP contribution in [-0.2, 0) is 21.3 Å². The lowest BCUT2D eigenvalue weighted by molar-refractivity contribution is 0.141. The van der Waals surface area contributed by atoms with Gasteiger partial charge in [0.25, 0.3) is 0 Å². The summed E-state index contributed by atoms with van der Waals surface area (Å²) < 4.78 is 32.8. The smallest absolute Gasteiger partial charge is 0.241 e. The molecule has 114 valence electrons. The van der Waals surface area contributed by atoms with Crippen molar-refractivity contribution in [1.82, 2.24) is 10.0 Å². The molecule has 2 N–H and O–H groups in total. The van der Waals surface area contributed by atoms with E-state index >= 15 is 0 Å². The van der Waals surface area contributed by atoms with Crippen molar-refractivity contribution >= 4 is 10.0 Å². The highest BCUT2D eigenvalue weighted by Crippen LogP contribution is 2.20. The second-order valence-corrected chi connectivity index (χ2v) is 7.14. The van der Waals surface area contributed by atoms with E-state index in [0.717, 1.165) is 11.1 Å². The van der Waals surface area contributed by atoms with Crippen molar-refractivity contribution in [3.05, 3.63) is 29.3 Å². The van der Waals surface area contributed by atoms with Crippen molar-refractivity contribution in [3.63, 3.8) is 0 Å². The second-order valence-electron chi connectivity index (χ2n) is 5.49. The number of hydrogen-bond acceptors (Lipinski definition) is 4. The van der Waals surface area contributed by atoms with Crippen LogP contribution in [0.25, 0.3) is 0 Å². The van der Waals surface area contributed by atoms with Gasteiger partial charge in [0, 0.05) is 13.7 Å². The second kappa shape index (κ2) is 6.67. The predicted octanol–water partition coefficient (Wildman–Crippen LogP) is 1.42. The molecule has 0 bridgehead atoms. The van der Waals surface area contributed by atoms with Crippen molar-refractivity contribution < 1.29 is 13.2 Å². The molecule has 0 atom stereocenters. The molecule has 1 aromatic carbocycles. The van der Waals surface area contributed by atoms with E-state index in [2.05, 4.69) is 10.0 Å². The maximum absolute atomic E-state index is 12.5. The zero-order valence-corrected chi connectivity index (χ0v) is 13.6. The van der Waals surface area contributed by atoms with Crippen LogP contribution in [0.5, 0.6) is 0 Å². The standard InChI is InChI=1S/C14H24N2O3S/c1-11-12(9-15-4)7-6-8-13(11)20(17,18)16-14(2,3)10-19-5/h6-8,15-16H,9-10H2,1-5H3. The molecular formula is C14H24N2O3S. The third-order valence-corrected chi connectivity index (χ3v) is 4.81. The topological polar surface area (TPSA) is 67.4 Å². The van der Waals surface area contributed by atoms with Crippen LogP contribution in [-0.4, -0.2) is 34.7 Å². The van der Waals surface area contributed by atoms with Gasteiger partial charge in [0.2, 0.25) is 10.0 Å². The van der Waals surface area contributed by atoms with Crippen molar-refractivity contribution in [2.24, 2.45) is 0 Å². The van der Waals surface area contributed by atoms with Gasteiger partial charge in [-0.05, 0) is 45.0 Å². The maximum Gasteiger partial charge on any atom is 0.241 e. The molecule has 0 aliphatic rings. The fourth-order valence-electron chi connectivity index (χ4n) is 2.14. The van der Waals surface area contributed by atoms with Crippen LogP contribution >= 0.6 is 0 Å². The van der Waals surface area contributed by atoms with E-state index in [4.69, 9.17) is 4.74 Å². The summed E-state index contributed by atoms with van der Waals surface area (Å²) in [6.07, 6.45) is 0. The zero-order chi connectivity index (χ0) is 15.4. The molecule has 0 radical (unpaired) electrons. The van der Waals surface area contributed by atoms with Gasteiger partial charge in [-0.3, -0.25) is 0 Å². The lowest BCUT2D eigenvalue weighted by atomic mass is 10.1. The molecule has 0 aliphatic heterocycles. The van der Waals surface area contributed by atoms with Crippen molar-refractivity contribution in [1.29, 1.82) is 0 Å². The molecule has 1 rings (SSSR count). The minimum absolute atomic E-state index is 0.307. The monoisotopic (exact) mass is 300 g/mol. The third kappa shape index (κ3) is 4.28. The molecule has 0 unspecified atom stereocenters. The molecule has 0 fully saturated rings. The van der Waals surface area contributed by atoms with Crippen molar-refractivity contribution in [2.45, 2.75) is 37.8 Å². The maximum atomic E-state index is 12.5. The van der Waals surface area contributed by atoms with Crippen LogP contribution in [0.4, 0.5) is 0 Å². The van der Waals surface area contributed by atoms with Crippen molar-refractivity contribution in [2.75, 3.05) is 20.8 Å². The van der Waals surface area contributed by atoms with Gasteiger partial charge in [-0.2, -0.15) is 0 Å². The largest absolute Gasteiger partial charge is 0.383 e. The number of ether oxygens (including phenoxy) is 1. The Morgan fingerprint density at radius 3 is 2.50 bits per heavy atom. The van der Waals surface area contributed by atoms with Crippen LogP contribution in [0.1, 0.15) is 25.0 Å². The van der Waals surface area contributed by atoms with E-state index in [-0.39, 0.29) is 0 Å². The molecule has 20 heavy (non-hydrogen) atoms. The Balaban J connectivity index is 3.13. The summed E-state index contributed by atoms with van der Waals surface area (Å²) in [5, 5.41) is 3.04. The number of benzene rings is 1. The zero-order valence-electron chi connectivity index (χ0n) is 12.8. The molecule has 0 amide bonds. The number of rotatable bonds is 7. The number of methoxy groups -OCH3 is 1. The SMILES string of the molecule is CNCc1cccc(S(=O)(=O)NC(C)(C)COC)c1C. The van der Waals surface area contributed by atoms with Crippen LogP contribution in [0.15, 0.2) is 23.1 Å². The molecule has 1 aromatic rings. The van der Waals surface area contributed by atoms with Gasteiger partial charge in [-0.25, -0.2) is 13.1 Å². The average Bonchev–Trinajstić information content (AvgIpc) is 2.30. The first-order valence-electron chi connectivity index (χ1n) is 6.49. The van der Waals surface area contributed by atoms with E-state index in [1.807, 2.05) is 20.0 Å². The molecule has 0 spiro atoms. The Morgan fingerprint density at radius 1 is 1.30 bits per heavy atom. The minimum atomic E-state index is -3.57. The Morgan fingerprint density at radius 2 is 1.95 bits per heavy atom. The van der Waals surface area contributed by atoms with Gasteiger partial charge in [0.05, 0.1) is 17.0 Å². The van der Waals surface area contributed by atoms with E-state index in [1.54, 1.807) is 33.1 Å². The molecule has 0 saturated carbocycles. The van der Waals surface area contributed by atoms with E-state index in [9.17, 15) is 8.42 Å². The minimum Gasteiger partial charge on any atom is -0.383 e. The first kappa shape index (κ1) is 17.1. The first-order chi connectivity index (χ1) is 9.23. The highest BCUT2D eigenvalue weighted by molar-refractivity contribution is 7.89.